The Morgan fingerprint density at radius 2 is 2.10 bits per heavy atom. The number of hydrogen-bond acceptors (Lipinski definition) is 4. The number of aromatic nitrogens is 3. The second-order valence-corrected chi connectivity index (χ2v) is 4.83. The van der Waals surface area contributed by atoms with Gasteiger partial charge in [-0.3, -0.25) is 4.79 Å². The van der Waals surface area contributed by atoms with E-state index in [0.29, 0.717) is 17.2 Å². The molecule has 20 heavy (non-hydrogen) atoms. The minimum Gasteiger partial charge on any atom is -0.478 e. The van der Waals surface area contributed by atoms with E-state index >= 15 is 0 Å². The summed E-state index contributed by atoms with van der Waals surface area (Å²) >= 11 is 0. The van der Waals surface area contributed by atoms with E-state index in [2.05, 4.69) is 15.0 Å². The smallest absolute Gasteiger partial charge is 0.337 e. The molecule has 1 aliphatic carbocycles. The highest BCUT2D eigenvalue weighted by Gasteiger charge is 2.18. The van der Waals surface area contributed by atoms with Crippen LogP contribution in [0.1, 0.15) is 33.7 Å². The van der Waals surface area contributed by atoms with Crippen LogP contribution in [0.25, 0.3) is 11.5 Å². The molecule has 2 N–H and O–H groups in total. The summed E-state index contributed by atoms with van der Waals surface area (Å²) in [6, 6.07) is 3.04. The highest BCUT2D eigenvalue weighted by atomic mass is 16.4. The van der Waals surface area contributed by atoms with Gasteiger partial charge in [0.05, 0.1) is 17.0 Å². The van der Waals surface area contributed by atoms with Crippen molar-refractivity contribution in [1.82, 2.24) is 15.0 Å². The van der Waals surface area contributed by atoms with E-state index in [1.165, 1.54) is 6.07 Å². The molecule has 1 aliphatic rings. The van der Waals surface area contributed by atoms with Crippen LogP contribution in [0.4, 0.5) is 0 Å². The summed E-state index contributed by atoms with van der Waals surface area (Å²) in [4.78, 5) is 34.3. The fraction of sp³-hybridized carbons (Fsp3) is 0.286. The van der Waals surface area contributed by atoms with Crippen LogP contribution in [-0.2, 0) is 12.8 Å². The quantitative estimate of drug-likeness (QED) is 0.859. The number of fused-ring (bicyclic) bond motifs is 1. The molecule has 0 bridgehead atoms. The molecule has 0 aliphatic heterocycles. The minimum absolute atomic E-state index is 0.121. The summed E-state index contributed by atoms with van der Waals surface area (Å²) in [6.45, 7) is 1.62. The van der Waals surface area contributed by atoms with E-state index in [-0.39, 0.29) is 11.1 Å². The van der Waals surface area contributed by atoms with Crippen molar-refractivity contribution in [1.29, 1.82) is 0 Å². The second kappa shape index (κ2) is 4.56. The molecule has 2 heterocycles. The Morgan fingerprint density at radius 3 is 2.80 bits per heavy atom. The van der Waals surface area contributed by atoms with Crippen LogP contribution in [0.15, 0.2) is 16.9 Å². The SMILES string of the molecule is Cc1nc(-c2nc3c(c(=O)[nH]2)CCC3)ccc1C(=O)O. The first-order valence-corrected chi connectivity index (χ1v) is 6.39. The number of aryl methyl sites for hydroxylation is 2. The largest absolute Gasteiger partial charge is 0.478 e. The Balaban J connectivity index is 2.10. The van der Waals surface area contributed by atoms with Crippen LogP contribution in [0, 0.1) is 6.92 Å². The Bertz CT molecular complexity index is 765. The number of carboxylic acids is 1. The molecular weight excluding hydrogens is 258 g/mol. The van der Waals surface area contributed by atoms with Gasteiger partial charge in [0.25, 0.3) is 5.56 Å². The molecule has 2 aromatic rings. The summed E-state index contributed by atoms with van der Waals surface area (Å²) in [5, 5.41) is 8.98. The van der Waals surface area contributed by atoms with Gasteiger partial charge in [-0.2, -0.15) is 0 Å². The third kappa shape index (κ3) is 1.99. The zero-order valence-corrected chi connectivity index (χ0v) is 10.9. The van der Waals surface area contributed by atoms with E-state index in [0.717, 1.165) is 30.5 Å². The molecule has 102 valence electrons. The van der Waals surface area contributed by atoms with E-state index in [9.17, 15) is 9.59 Å². The average Bonchev–Trinajstić information content (AvgIpc) is 2.87. The lowest BCUT2D eigenvalue weighted by molar-refractivity contribution is 0.0695. The normalized spacial score (nSPS) is 13.2. The van der Waals surface area contributed by atoms with Gasteiger partial charge in [0.2, 0.25) is 0 Å². The summed E-state index contributed by atoms with van der Waals surface area (Å²) in [5.74, 6) is -0.618. The van der Waals surface area contributed by atoms with Gasteiger partial charge in [-0.25, -0.2) is 14.8 Å². The van der Waals surface area contributed by atoms with Crippen LogP contribution in [0.2, 0.25) is 0 Å². The molecular formula is C14H13N3O3. The summed E-state index contributed by atoms with van der Waals surface area (Å²) in [7, 11) is 0. The maximum atomic E-state index is 11.9. The molecule has 0 aromatic carbocycles. The van der Waals surface area contributed by atoms with Crippen LogP contribution in [-0.4, -0.2) is 26.0 Å². The maximum absolute atomic E-state index is 11.9. The summed E-state index contributed by atoms with van der Waals surface area (Å²) < 4.78 is 0. The monoisotopic (exact) mass is 271 g/mol. The predicted octanol–water partition coefficient (Wildman–Crippen LogP) is 1.33. The van der Waals surface area contributed by atoms with Crippen LogP contribution >= 0.6 is 0 Å². The number of rotatable bonds is 2. The molecule has 2 aromatic heterocycles. The van der Waals surface area contributed by atoms with Gasteiger partial charge in [-0.1, -0.05) is 0 Å². The fourth-order valence-corrected chi connectivity index (χ4v) is 2.48. The molecule has 3 rings (SSSR count). The second-order valence-electron chi connectivity index (χ2n) is 4.83. The van der Waals surface area contributed by atoms with Gasteiger partial charge >= 0.3 is 5.97 Å². The summed E-state index contributed by atoms with van der Waals surface area (Å²) in [5.41, 5.74) is 2.50. The molecule has 0 saturated carbocycles. The van der Waals surface area contributed by atoms with Crippen molar-refractivity contribution >= 4 is 5.97 Å². The predicted molar refractivity (Wildman–Crippen MR) is 71.8 cm³/mol. The minimum atomic E-state index is -1.02. The number of H-pyrrole nitrogens is 1. The number of aromatic carboxylic acids is 1. The third-order valence-electron chi connectivity index (χ3n) is 3.50. The lowest BCUT2D eigenvalue weighted by atomic mass is 10.2. The molecule has 0 fully saturated rings. The van der Waals surface area contributed by atoms with Gasteiger partial charge in [-0.05, 0) is 38.3 Å². The van der Waals surface area contributed by atoms with Crippen LogP contribution in [0.5, 0.6) is 0 Å². The van der Waals surface area contributed by atoms with Gasteiger partial charge in [0.1, 0.15) is 5.69 Å². The van der Waals surface area contributed by atoms with E-state index in [1.54, 1.807) is 13.0 Å². The first-order valence-electron chi connectivity index (χ1n) is 6.39. The number of hydrogen-bond donors (Lipinski definition) is 2. The fourth-order valence-electron chi connectivity index (χ4n) is 2.48. The molecule has 0 saturated heterocycles. The number of nitrogens with zero attached hydrogens (tertiary/aromatic N) is 2. The average molecular weight is 271 g/mol. The van der Waals surface area contributed by atoms with Gasteiger partial charge in [0.15, 0.2) is 5.82 Å². The lowest BCUT2D eigenvalue weighted by Crippen LogP contribution is -2.15. The highest BCUT2D eigenvalue weighted by Crippen LogP contribution is 2.20. The van der Waals surface area contributed by atoms with Crippen LogP contribution in [0.3, 0.4) is 0 Å². The van der Waals surface area contributed by atoms with Gasteiger partial charge in [0, 0.05) is 5.56 Å². The van der Waals surface area contributed by atoms with Crippen LogP contribution < -0.4 is 5.56 Å². The number of pyridine rings is 1. The summed E-state index contributed by atoms with van der Waals surface area (Å²) in [6.07, 6.45) is 2.51. The Morgan fingerprint density at radius 1 is 1.30 bits per heavy atom. The van der Waals surface area contributed by atoms with E-state index in [4.69, 9.17) is 5.11 Å². The van der Waals surface area contributed by atoms with Crippen molar-refractivity contribution in [2.45, 2.75) is 26.2 Å². The molecule has 0 amide bonds. The number of aromatic amines is 1. The molecule has 0 radical (unpaired) electrons. The van der Waals surface area contributed by atoms with Crippen molar-refractivity contribution in [3.8, 4) is 11.5 Å². The van der Waals surface area contributed by atoms with Gasteiger partial charge in [-0.15, -0.1) is 0 Å². The highest BCUT2D eigenvalue weighted by molar-refractivity contribution is 5.89. The molecule has 6 nitrogen and oxygen atoms in total. The maximum Gasteiger partial charge on any atom is 0.337 e. The first kappa shape index (κ1) is 12.5. The van der Waals surface area contributed by atoms with E-state index in [1.807, 2.05) is 0 Å². The molecule has 0 atom stereocenters. The number of carbonyl (C=O) groups is 1. The number of nitrogens with one attached hydrogen (secondary N) is 1. The van der Waals surface area contributed by atoms with Gasteiger partial charge < -0.3 is 10.1 Å². The first-order chi connectivity index (χ1) is 9.56. The Kier molecular flexibility index (Phi) is 2.85. The van der Waals surface area contributed by atoms with Crippen molar-refractivity contribution in [2.24, 2.45) is 0 Å². The zero-order chi connectivity index (χ0) is 14.3. The lowest BCUT2D eigenvalue weighted by Gasteiger charge is -2.06. The Labute approximate surface area is 114 Å². The number of carboxylic acid groups (broad SMARTS) is 1. The zero-order valence-electron chi connectivity index (χ0n) is 10.9. The Hall–Kier alpha value is -2.50. The van der Waals surface area contributed by atoms with Crippen molar-refractivity contribution in [3.63, 3.8) is 0 Å². The topological polar surface area (TPSA) is 95.9 Å². The van der Waals surface area contributed by atoms with Crippen molar-refractivity contribution < 1.29 is 9.90 Å². The van der Waals surface area contributed by atoms with E-state index < -0.39 is 5.97 Å². The molecule has 6 heteroatoms. The molecule has 0 unspecified atom stereocenters. The third-order valence-corrected chi connectivity index (χ3v) is 3.50. The van der Waals surface area contributed by atoms with Crippen molar-refractivity contribution in [3.05, 3.63) is 45.0 Å². The molecule has 0 spiro atoms. The van der Waals surface area contributed by atoms with Crippen molar-refractivity contribution in [2.75, 3.05) is 0 Å². The standard InChI is InChI=1S/C14H13N3O3/c1-7-8(14(19)20)5-6-11(15-7)12-16-10-4-2-3-9(10)13(18)17-12/h5-6H,2-4H2,1H3,(H,19,20)(H,16,17,18).